The van der Waals surface area contributed by atoms with Gasteiger partial charge in [0.2, 0.25) is 0 Å². The number of hydrogen-bond acceptors (Lipinski definition) is 6. The minimum Gasteiger partial charge on any atom is -0.331 e. The van der Waals surface area contributed by atoms with Crippen LogP contribution in [0.4, 0.5) is 0 Å². The number of likely N-dealkylation sites (N-methyl/N-ethyl adjacent to an activating group) is 1. The third-order valence-electron chi connectivity index (χ3n) is 2.26. The highest BCUT2D eigenvalue weighted by Gasteiger charge is 2.31. The third kappa shape index (κ3) is 7.89. The van der Waals surface area contributed by atoms with Gasteiger partial charge in [0.25, 0.3) is 23.6 Å². The minimum absolute atomic E-state index is 0.131. The van der Waals surface area contributed by atoms with Gasteiger partial charge in [0.05, 0.1) is 0 Å². The highest BCUT2D eigenvalue weighted by Crippen LogP contribution is 2.11. The molecule has 0 aliphatic carbocycles. The second-order valence-electron chi connectivity index (χ2n) is 3.73. The van der Waals surface area contributed by atoms with E-state index in [1.165, 1.54) is 19.2 Å². The average Bonchev–Trinajstić information content (AvgIpc) is 3.02. The average molecular weight is 328 g/mol. The molecule has 0 atom stereocenters. The molecule has 2 aliphatic rings. The SMILES string of the molecule is CC.CC.CC(=O)ON1C(=O)CCC1=O.CN1C(=O)C=CC1=O. The molecule has 8 nitrogen and oxygen atoms in total. The minimum atomic E-state index is -0.659. The van der Waals surface area contributed by atoms with E-state index in [0.717, 1.165) is 11.8 Å². The van der Waals surface area contributed by atoms with Crippen LogP contribution >= 0.6 is 0 Å². The summed E-state index contributed by atoms with van der Waals surface area (Å²) in [5.74, 6) is -2.05. The molecule has 1 fully saturated rings. The Morgan fingerprint density at radius 1 is 0.913 bits per heavy atom. The second kappa shape index (κ2) is 12.1. The van der Waals surface area contributed by atoms with E-state index in [-0.39, 0.29) is 24.7 Å². The summed E-state index contributed by atoms with van der Waals surface area (Å²) in [5.41, 5.74) is 0. The summed E-state index contributed by atoms with van der Waals surface area (Å²) < 4.78 is 0. The second-order valence-corrected chi connectivity index (χ2v) is 3.73. The van der Waals surface area contributed by atoms with Crippen LogP contribution in [0.2, 0.25) is 0 Å². The van der Waals surface area contributed by atoms with Crippen LogP contribution < -0.4 is 0 Å². The molecule has 2 heterocycles. The molecule has 0 aromatic rings. The Bertz CT molecular complexity index is 450. The van der Waals surface area contributed by atoms with Gasteiger partial charge in [-0.05, 0) is 0 Å². The Labute approximate surface area is 136 Å². The molecule has 130 valence electrons. The zero-order chi connectivity index (χ0) is 18.6. The summed E-state index contributed by atoms with van der Waals surface area (Å²) in [5, 5.41) is 0.516. The van der Waals surface area contributed by atoms with Gasteiger partial charge in [0, 0.05) is 39.0 Å². The summed E-state index contributed by atoms with van der Waals surface area (Å²) in [7, 11) is 1.45. The Morgan fingerprint density at radius 2 is 1.26 bits per heavy atom. The van der Waals surface area contributed by atoms with Gasteiger partial charge in [-0.3, -0.25) is 24.1 Å². The molecule has 1 saturated heterocycles. The van der Waals surface area contributed by atoms with Gasteiger partial charge in [-0.15, -0.1) is 5.06 Å². The summed E-state index contributed by atoms with van der Waals surface area (Å²) in [6, 6.07) is 0. The van der Waals surface area contributed by atoms with Crippen LogP contribution in [0.1, 0.15) is 47.5 Å². The van der Waals surface area contributed by atoms with Crippen LogP contribution in [0.15, 0.2) is 12.2 Å². The van der Waals surface area contributed by atoms with Gasteiger partial charge in [0.1, 0.15) is 0 Å². The molecule has 2 rings (SSSR count). The predicted molar refractivity (Wildman–Crippen MR) is 82.5 cm³/mol. The highest BCUT2D eigenvalue weighted by molar-refractivity contribution is 6.12. The first kappa shape index (κ1) is 22.8. The predicted octanol–water partition coefficient (Wildman–Crippen LogP) is 1.21. The van der Waals surface area contributed by atoms with Gasteiger partial charge in [0.15, 0.2) is 0 Å². The highest BCUT2D eigenvalue weighted by atomic mass is 16.7. The van der Waals surface area contributed by atoms with E-state index in [0.29, 0.717) is 5.06 Å². The number of carbonyl (C=O) groups is 5. The van der Waals surface area contributed by atoms with Gasteiger partial charge in [-0.2, -0.15) is 0 Å². The van der Waals surface area contributed by atoms with Crippen molar-refractivity contribution < 1.29 is 28.8 Å². The van der Waals surface area contributed by atoms with E-state index < -0.39 is 17.8 Å². The van der Waals surface area contributed by atoms with Crippen molar-refractivity contribution in [2.45, 2.75) is 47.5 Å². The fraction of sp³-hybridized carbons (Fsp3) is 0.533. The van der Waals surface area contributed by atoms with Gasteiger partial charge in [-0.1, -0.05) is 27.7 Å². The van der Waals surface area contributed by atoms with Crippen LogP contribution in [0.5, 0.6) is 0 Å². The van der Waals surface area contributed by atoms with Crippen LogP contribution in [0.3, 0.4) is 0 Å². The number of rotatable bonds is 1. The van der Waals surface area contributed by atoms with Crippen molar-refractivity contribution in [2.75, 3.05) is 7.05 Å². The number of imide groups is 2. The van der Waals surface area contributed by atoms with E-state index in [1.807, 2.05) is 27.7 Å². The molecular weight excluding hydrogens is 304 g/mol. The molecule has 0 radical (unpaired) electrons. The quantitative estimate of drug-likeness (QED) is 0.671. The van der Waals surface area contributed by atoms with Crippen LogP contribution in [-0.4, -0.2) is 46.6 Å². The molecule has 0 aromatic carbocycles. The first-order valence-electron chi connectivity index (χ1n) is 7.37. The van der Waals surface area contributed by atoms with Crippen molar-refractivity contribution in [3.05, 3.63) is 12.2 Å². The fourth-order valence-electron chi connectivity index (χ4n) is 1.26. The lowest BCUT2D eigenvalue weighted by molar-refractivity contribution is -0.195. The standard InChI is InChI=1S/C6H7NO4.C5H5NO2.2C2H6/c1-4(8)11-7-5(9)2-3-6(7)10;1-6-4(7)2-3-5(6)8;2*1-2/h2-3H2,1H3;2-3H,1H3;2*1-2H3. The van der Waals surface area contributed by atoms with E-state index >= 15 is 0 Å². The van der Waals surface area contributed by atoms with E-state index in [4.69, 9.17) is 0 Å². The van der Waals surface area contributed by atoms with Crippen LogP contribution in [0.25, 0.3) is 0 Å². The molecule has 2 aliphatic heterocycles. The van der Waals surface area contributed by atoms with Gasteiger partial charge < -0.3 is 4.84 Å². The van der Waals surface area contributed by atoms with Gasteiger partial charge in [-0.25, -0.2) is 4.79 Å². The van der Waals surface area contributed by atoms with Crippen molar-refractivity contribution in [1.29, 1.82) is 0 Å². The van der Waals surface area contributed by atoms with E-state index in [9.17, 15) is 24.0 Å². The van der Waals surface area contributed by atoms with Crippen LogP contribution in [-0.2, 0) is 28.8 Å². The Morgan fingerprint density at radius 3 is 1.48 bits per heavy atom. The molecule has 23 heavy (non-hydrogen) atoms. The lowest BCUT2D eigenvalue weighted by Crippen LogP contribution is -2.30. The maximum absolute atomic E-state index is 10.7. The Hall–Kier alpha value is -2.51. The number of carbonyl (C=O) groups excluding carboxylic acids is 5. The third-order valence-corrected chi connectivity index (χ3v) is 2.26. The van der Waals surface area contributed by atoms with Crippen molar-refractivity contribution in [2.24, 2.45) is 0 Å². The first-order valence-corrected chi connectivity index (χ1v) is 7.37. The Balaban J connectivity index is 0. The molecule has 0 unspecified atom stereocenters. The summed E-state index contributed by atoms with van der Waals surface area (Å²) >= 11 is 0. The molecule has 0 N–H and O–H groups in total. The van der Waals surface area contributed by atoms with E-state index in [1.54, 1.807) is 0 Å². The summed E-state index contributed by atoms with van der Waals surface area (Å²) in [4.78, 5) is 58.0. The van der Waals surface area contributed by atoms with Crippen molar-refractivity contribution in [3.63, 3.8) is 0 Å². The molecule has 4 amide bonds. The zero-order valence-corrected chi connectivity index (χ0v) is 14.4. The summed E-state index contributed by atoms with van der Waals surface area (Å²) in [6.45, 7) is 9.14. The zero-order valence-electron chi connectivity index (χ0n) is 14.4. The summed E-state index contributed by atoms with van der Waals surface area (Å²) in [6.07, 6.45) is 2.77. The molecule has 0 spiro atoms. The number of amides is 4. The monoisotopic (exact) mass is 328 g/mol. The lowest BCUT2D eigenvalue weighted by atomic mass is 10.4. The number of hydroxylamine groups is 2. The maximum atomic E-state index is 10.7. The van der Waals surface area contributed by atoms with Gasteiger partial charge >= 0.3 is 5.97 Å². The molecule has 8 heteroatoms. The Kier molecular flexibility index (Phi) is 12.0. The number of nitrogens with zero attached hydrogens (tertiary/aromatic N) is 2. The van der Waals surface area contributed by atoms with Crippen LogP contribution in [0, 0.1) is 0 Å². The van der Waals surface area contributed by atoms with Crippen molar-refractivity contribution >= 4 is 29.6 Å². The first-order chi connectivity index (χ1) is 10.8. The normalized spacial score (nSPS) is 15.2. The van der Waals surface area contributed by atoms with E-state index in [2.05, 4.69) is 4.84 Å². The topological polar surface area (TPSA) is 101 Å². The molecule has 0 saturated carbocycles. The smallest absolute Gasteiger partial charge is 0.330 e. The number of hydrogen-bond donors (Lipinski definition) is 0. The lowest BCUT2D eigenvalue weighted by Gasteiger charge is -2.09. The fourth-order valence-corrected chi connectivity index (χ4v) is 1.26. The molecule has 0 aromatic heterocycles. The van der Waals surface area contributed by atoms with Crippen molar-refractivity contribution in [3.8, 4) is 0 Å². The maximum Gasteiger partial charge on any atom is 0.330 e. The largest absolute Gasteiger partial charge is 0.331 e. The molecule has 0 bridgehead atoms. The van der Waals surface area contributed by atoms with Crippen molar-refractivity contribution in [1.82, 2.24) is 9.96 Å². The molecular formula is C15H24N2O6.